The molecule has 1 unspecified atom stereocenters. The van der Waals surface area contributed by atoms with Crippen molar-refractivity contribution >= 4 is 5.76 Å². The summed E-state index contributed by atoms with van der Waals surface area (Å²) >= 11 is 0. The van der Waals surface area contributed by atoms with Crippen molar-refractivity contribution in [1.82, 2.24) is 0 Å². The van der Waals surface area contributed by atoms with Crippen LogP contribution in [-0.2, 0) is 0 Å². The summed E-state index contributed by atoms with van der Waals surface area (Å²) in [5.41, 5.74) is 1.72. The van der Waals surface area contributed by atoms with Gasteiger partial charge >= 0.3 is 0 Å². The van der Waals surface area contributed by atoms with Crippen LogP contribution in [0.1, 0.15) is 22.8 Å². The van der Waals surface area contributed by atoms with Crippen LogP contribution >= 0.6 is 0 Å². The third-order valence-electron chi connectivity index (χ3n) is 3.42. The number of fused-ring (bicyclic) bond motifs is 1. The van der Waals surface area contributed by atoms with Gasteiger partial charge in [-0.1, -0.05) is 30.3 Å². The van der Waals surface area contributed by atoms with E-state index in [0.717, 1.165) is 5.56 Å². The average Bonchev–Trinajstić information content (AvgIpc) is 2.45. The van der Waals surface area contributed by atoms with Gasteiger partial charge in [-0.25, -0.2) is 0 Å². The number of phenolic OH excluding ortho intramolecular Hbond substituents is 2. The van der Waals surface area contributed by atoms with Crippen LogP contribution in [0, 0.1) is 6.92 Å². The average molecular weight is 270 g/mol. The number of aliphatic hydroxyl groups excluding tert-OH is 1. The maximum Gasteiger partial charge on any atom is 0.161 e. The van der Waals surface area contributed by atoms with E-state index in [1.165, 1.54) is 6.07 Å². The SMILES string of the molecule is Cc1c(O)c(O)cc2c1C(O)C=C(c1ccccc1)O2. The van der Waals surface area contributed by atoms with E-state index >= 15 is 0 Å². The zero-order valence-corrected chi connectivity index (χ0v) is 10.9. The van der Waals surface area contributed by atoms with Gasteiger partial charge in [0.15, 0.2) is 11.5 Å². The Morgan fingerprint density at radius 1 is 1.10 bits per heavy atom. The number of hydrogen-bond donors (Lipinski definition) is 3. The zero-order chi connectivity index (χ0) is 14.3. The lowest BCUT2D eigenvalue weighted by atomic mass is 9.97. The Kier molecular flexibility index (Phi) is 2.88. The molecule has 2 aromatic rings. The summed E-state index contributed by atoms with van der Waals surface area (Å²) in [5, 5.41) is 29.6. The molecule has 4 heteroatoms. The maximum absolute atomic E-state index is 10.2. The first-order chi connectivity index (χ1) is 9.58. The minimum atomic E-state index is -0.888. The van der Waals surface area contributed by atoms with Crippen LogP contribution in [0.4, 0.5) is 0 Å². The van der Waals surface area contributed by atoms with Crippen molar-refractivity contribution in [3.8, 4) is 17.2 Å². The first kappa shape index (κ1) is 12.6. The number of aliphatic hydroxyl groups is 1. The van der Waals surface area contributed by atoms with Crippen molar-refractivity contribution < 1.29 is 20.1 Å². The number of phenols is 2. The molecule has 3 N–H and O–H groups in total. The number of ether oxygens (including phenoxy) is 1. The van der Waals surface area contributed by atoms with Crippen LogP contribution < -0.4 is 4.74 Å². The lowest BCUT2D eigenvalue weighted by Crippen LogP contribution is -2.10. The molecule has 0 spiro atoms. The van der Waals surface area contributed by atoms with Crippen molar-refractivity contribution in [2.45, 2.75) is 13.0 Å². The van der Waals surface area contributed by atoms with Gasteiger partial charge in [0.2, 0.25) is 0 Å². The van der Waals surface area contributed by atoms with E-state index in [4.69, 9.17) is 4.74 Å². The normalized spacial score (nSPS) is 17.1. The highest BCUT2D eigenvalue weighted by molar-refractivity contribution is 5.69. The largest absolute Gasteiger partial charge is 0.504 e. The van der Waals surface area contributed by atoms with E-state index in [2.05, 4.69) is 0 Å². The van der Waals surface area contributed by atoms with Gasteiger partial charge in [0.05, 0.1) is 0 Å². The molecule has 102 valence electrons. The first-order valence-electron chi connectivity index (χ1n) is 6.26. The Morgan fingerprint density at radius 2 is 1.80 bits per heavy atom. The second kappa shape index (κ2) is 4.58. The van der Waals surface area contributed by atoms with Crippen LogP contribution in [0.5, 0.6) is 17.2 Å². The monoisotopic (exact) mass is 270 g/mol. The Labute approximate surface area is 116 Å². The molecule has 1 atom stereocenters. The molecule has 0 aliphatic carbocycles. The molecular weight excluding hydrogens is 256 g/mol. The Bertz CT molecular complexity index is 689. The quantitative estimate of drug-likeness (QED) is 0.697. The highest BCUT2D eigenvalue weighted by Gasteiger charge is 2.26. The fourth-order valence-corrected chi connectivity index (χ4v) is 2.36. The number of hydrogen-bond acceptors (Lipinski definition) is 4. The maximum atomic E-state index is 10.2. The molecule has 0 bridgehead atoms. The fraction of sp³-hybridized carbons (Fsp3) is 0.125. The van der Waals surface area contributed by atoms with Gasteiger partial charge in [0, 0.05) is 22.8 Å². The number of aromatic hydroxyl groups is 2. The molecule has 0 saturated heterocycles. The van der Waals surface area contributed by atoms with E-state index in [9.17, 15) is 15.3 Å². The number of benzene rings is 2. The molecule has 20 heavy (non-hydrogen) atoms. The van der Waals surface area contributed by atoms with Crippen LogP contribution in [0.2, 0.25) is 0 Å². The predicted octanol–water partition coefficient (Wildman–Crippen LogP) is 2.87. The first-order valence-corrected chi connectivity index (χ1v) is 6.26. The lowest BCUT2D eigenvalue weighted by molar-refractivity contribution is 0.215. The summed E-state index contributed by atoms with van der Waals surface area (Å²) in [6.07, 6.45) is 0.696. The standard InChI is InChI=1S/C16H14O4/c1-9-15-11(17)7-13(10-5-3-2-4-6-10)20-14(15)8-12(18)16(9)19/h2-8,11,17-19H,1H3. The third-order valence-corrected chi connectivity index (χ3v) is 3.42. The smallest absolute Gasteiger partial charge is 0.161 e. The third kappa shape index (κ3) is 1.90. The van der Waals surface area contributed by atoms with Crippen molar-refractivity contribution in [3.63, 3.8) is 0 Å². The second-order valence-corrected chi connectivity index (χ2v) is 4.72. The number of rotatable bonds is 1. The molecule has 0 aromatic heterocycles. The van der Waals surface area contributed by atoms with Crippen LogP contribution in [0.25, 0.3) is 5.76 Å². The van der Waals surface area contributed by atoms with E-state index in [-0.39, 0.29) is 11.5 Å². The van der Waals surface area contributed by atoms with Gasteiger partial charge in [-0.05, 0) is 13.0 Å². The van der Waals surface area contributed by atoms with E-state index in [0.29, 0.717) is 22.6 Å². The molecule has 2 aromatic carbocycles. The topological polar surface area (TPSA) is 69.9 Å². The zero-order valence-electron chi connectivity index (χ0n) is 10.9. The predicted molar refractivity (Wildman–Crippen MR) is 74.5 cm³/mol. The van der Waals surface area contributed by atoms with Gasteiger partial charge < -0.3 is 20.1 Å². The summed E-state index contributed by atoms with van der Waals surface area (Å²) in [6, 6.07) is 10.7. The fourth-order valence-electron chi connectivity index (χ4n) is 2.36. The molecule has 1 aliphatic heterocycles. The van der Waals surface area contributed by atoms with Gasteiger partial charge in [-0.2, -0.15) is 0 Å². The molecule has 0 radical (unpaired) electrons. The van der Waals surface area contributed by atoms with Crippen LogP contribution in [-0.4, -0.2) is 15.3 Å². The minimum Gasteiger partial charge on any atom is -0.504 e. The van der Waals surface area contributed by atoms with Crippen molar-refractivity contribution in [3.05, 3.63) is 59.2 Å². The molecule has 0 amide bonds. The Balaban J connectivity index is 2.10. The summed E-state index contributed by atoms with van der Waals surface area (Å²) in [7, 11) is 0. The summed E-state index contributed by atoms with van der Waals surface area (Å²) in [4.78, 5) is 0. The molecule has 3 rings (SSSR count). The molecule has 1 aliphatic rings. The van der Waals surface area contributed by atoms with Crippen LogP contribution in [0.3, 0.4) is 0 Å². The highest BCUT2D eigenvalue weighted by atomic mass is 16.5. The lowest BCUT2D eigenvalue weighted by Gasteiger charge is -2.24. The van der Waals surface area contributed by atoms with E-state index in [1.807, 2.05) is 30.3 Å². The summed E-state index contributed by atoms with van der Waals surface area (Å²) in [5.74, 6) is 0.382. The molecule has 1 heterocycles. The highest BCUT2D eigenvalue weighted by Crippen LogP contribution is 2.45. The van der Waals surface area contributed by atoms with E-state index < -0.39 is 6.10 Å². The molecule has 0 saturated carbocycles. The molecule has 4 nitrogen and oxygen atoms in total. The van der Waals surface area contributed by atoms with Gasteiger partial charge in [-0.3, -0.25) is 0 Å². The second-order valence-electron chi connectivity index (χ2n) is 4.72. The Hall–Kier alpha value is -2.46. The summed E-state index contributed by atoms with van der Waals surface area (Å²) in [6.45, 7) is 1.63. The van der Waals surface area contributed by atoms with Crippen molar-refractivity contribution in [2.75, 3.05) is 0 Å². The van der Waals surface area contributed by atoms with Gasteiger partial charge in [0.1, 0.15) is 17.6 Å². The minimum absolute atomic E-state index is 0.233. The summed E-state index contributed by atoms with van der Waals surface area (Å²) < 4.78 is 5.74. The van der Waals surface area contributed by atoms with E-state index in [1.54, 1.807) is 13.0 Å². The van der Waals surface area contributed by atoms with Crippen molar-refractivity contribution in [1.29, 1.82) is 0 Å². The molecule has 0 fully saturated rings. The van der Waals surface area contributed by atoms with Crippen molar-refractivity contribution in [2.24, 2.45) is 0 Å². The molecular formula is C16H14O4. The Morgan fingerprint density at radius 3 is 2.50 bits per heavy atom. The van der Waals surface area contributed by atoms with Gasteiger partial charge in [0.25, 0.3) is 0 Å². The van der Waals surface area contributed by atoms with Crippen LogP contribution in [0.15, 0.2) is 42.5 Å². The van der Waals surface area contributed by atoms with Gasteiger partial charge in [-0.15, -0.1) is 0 Å².